The highest BCUT2D eigenvalue weighted by atomic mass is 14.2. The fourth-order valence-electron chi connectivity index (χ4n) is 2.11. The Hall–Kier alpha value is -0.0651. The molecule has 1 saturated carbocycles. The van der Waals surface area contributed by atoms with Crippen LogP contribution in [0.2, 0.25) is 5.82 Å². The van der Waals surface area contributed by atoms with Crippen LogP contribution in [0.4, 0.5) is 0 Å². The summed E-state index contributed by atoms with van der Waals surface area (Å²) in [5.41, 5.74) is 0. The van der Waals surface area contributed by atoms with E-state index < -0.39 is 0 Å². The molecule has 1 heteroatoms. The summed E-state index contributed by atoms with van der Waals surface area (Å²) in [5.74, 6) is 2.08. The second-order valence-electron chi connectivity index (χ2n) is 3.65. The van der Waals surface area contributed by atoms with Crippen molar-refractivity contribution >= 4 is 7.28 Å². The summed E-state index contributed by atoms with van der Waals surface area (Å²) >= 11 is 0. The highest BCUT2D eigenvalue weighted by Crippen LogP contribution is 2.32. The fourth-order valence-corrected chi connectivity index (χ4v) is 2.11. The Morgan fingerprint density at radius 2 is 2.00 bits per heavy atom. The van der Waals surface area contributed by atoms with E-state index in [1.54, 1.807) is 0 Å². The molecular formula is C8H17B. The van der Waals surface area contributed by atoms with E-state index in [4.69, 9.17) is 0 Å². The molecule has 0 aromatic heterocycles. The molecule has 0 aromatic carbocycles. The van der Waals surface area contributed by atoms with Crippen LogP contribution in [-0.4, -0.2) is 7.28 Å². The van der Waals surface area contributed by atoms with Crippen molar-refractivity contribution < 1.29 is 0 Å². The lowest BCUT2D eigenvalue weighted by molar-refractivity contribution is 0.384. The van der Waals surface area contributed by atoms with E-state index >= 15 is 0 Å². The van der Waals surface area contributed by atoms with Gasteiger partial charge in [-0.1, -0.05) is 38.5 Å². The molecule has 52 valence electrons. The third-order valence-electron chi connectivity index (χ3n) is 3.06. The van der Waals surface area contributed by atoms with Crippen molar-refractivity contribution in [1.29, 1.82) is 0 Å². The summed E-state index contributed by atoms with van der Waals surface area (Å²) in [6, 6.07) is 0. The highest BCUT2D eigenvalue weighted by molar-refractivity contribution is 6.39. The normalized spacial score (nSPS) is 36.6. The second kappa shape index (κ2) is 3.19. The van der Waals surface area contributed by atoms with Gasteiger partial charge in [-0.05, 0) is 0 Å². The van der Waals surface area contributed by atoms with Crippen LogP contribution in [0.3, 0.4) is 0 Å². The van der Waals surface area contributed by atoms with Gasteiger partial charge in [-0.3, -0.25) is 0 Å². The summed E-state index contributed by atoms with van der Waals surface area (Å²) in [6.07, 6.45) is 5.92. The zero-order valence-electron chi connectivity index (χ0n) is 6.69. The topological polar surface area (TPSA) is 0 Å². The summed E-state index contributed by atoms with van der Waals surface area (Å²) in [4.78, 5) is 0. The molecule has 0 bridgehead atoms. The Bertz CT molecular complexity index is 80.6. The molecule has 0 aliphatic heterocycles. The van der Waals surface area contributed by atoms with Crippen LogP contribution in [-0.2, 0) is 0 Å². The number of hydrogen-bond donors (Lipinski definition) is 0. The van der Waals surface area contributed by atoms with Gasteiger partial charge in [0.25, 0.3) is 0 Å². The van der Waals surface area contributed by atoms with Gasteiger partial charge in [0.15, 0.2) is 7.28 Å². The standard InChI is InChI=1S/C8H17B/c1-7-5-3-4-6-8(7)9-2/h7-8H,2-6,9H2,1H3. The first-order valence-corrected chi connectivity index (χ1v) is 4.51. The average molecular weight is 124 g/mol. The van der Waals surface area contributed by atoms with Crippen molar-refractivity contribution in [3.8, 4) is 0 Å². The molecule has 0 nitrogen and oxygen atoms in total. The molecule has 0 spiro atoms. The van der Waals surface area contributed by atoms with Crippen molar-refractivity contribution in [2.45, 2.75) is 38.4 Å². The van der Waals surface area contributed by atoms with E-state index in [0.717, 1.165) is 11.7 Å². The van der Waals surface area contributed by atoms with E-state index in [9.17, 15) is 0 Å². The van der Waals surface area contributed by atoms with Crippen molar-refractivity contribution in [1.82, 2.24) is 0 Å². The van der Waals surface area contributed by atoms with E-state index in [-0.39, 0.29) is 7.28 Å². The van der Waals surface area contributed by atoms with E-state index in [0.29, 0.717) is 0 Å². The Kier molecular flexibility index (Phi) is 2.50. The summed E-state index contributed by atoms with van der Waals surface area (Å²) in [7, 11) is 0.179. The summed E-state index contributed by atoms with van der Waals surface area (Å²) in [6.45, 7) is 6.49. The van der Waals surface area contributed by atoms with Gasteiger partial charge in [0.1, 0.15) is 0 Å². The SMILES string of the molecule is [CH2+][BH2-]C1CCCCC1C. The van der Waals surface area contributed by atoms with Gasteiger partial charge in [0.05, 0.1) is 0 Å². The van der Waals surface area contributed by atoms with Crippen LogP contribution < -0.4 is 0 Å². The maximum Gasteiger partial charge on any atom is 0.169 e. The van der Waals surface area contributed by atoms with Crippen molar-refractivity contribution in [2.24, 2.45) is 5.92 Å². The summed E-state index contributed by atoms with van der Waals surface area (Å²) < 4.78 is 0. The van der Waals surface area contributed by atoms with Gasteiger partial charge in [-0.25, -0.2) is 0 Å². The average Bonchev–Trinajstić information content (AvgIpc) is 1.89. The van der Waals surface area contributed by atoms with Crippen molar-refractivity contribution in [2.75, 3.05) is 0 Å². The minimum Gasteiger partial charge on any atom is -0.139 e. The van der Waals surface area contributed by atoms with Gasteiger partial charge in [0, 0.05) is 0 Å². The van der Waals surface area contributed by atoms with E-state index in [1.807, 2.05) is 0 Å². The maximum absolute atomic E-state index is 4.08. The first-order chi connectivity index (χ1) is 4.34. The third-order valence-corrected chi connectivity index (χ3v) is 3.06. The Labute approximate surface area is 59.3 Å². The van der Waals surface area contributed by atoms with Crippen LogP contribution in [0.15, 0.2) is 0 Å². The number of rotatable bonds is 1. The molecule has 0 amide bonds. The minimum absolute atomic E-state index is 0.179. The van der Waals surface area contributed by atoms with Crippen LogP contribution in [0.25, 0.3) is 0 Å². The molecule has 9 heavy (non-hydrogen) atoms. The van der Waals surface area contributed by atoms with Crippen LogP contribution in [0, 0.1) is 12.7 Å². The smallest absolute Gasteiger partial charge is 0.139 e. The molecule has 1 rings (SSSR count). The lowest BCUT2D eigenvalue weighted by Gasteiger charge is -2.28. The lowest BCUT2D eigenvalue weighted by atomic mass is 9.57. The Morgan fingerprint density at radius 1 is 1.33 bits per heavy atom. The lowest BCUT2D eigenvalue weighted by Crippen LogP contribution is -2.15. The van der Waals surface area contributed by atoms with Gasteiger partial charge in [-0.2, -0.15) is 0 Å². The van der Waals surface area contributed by atoms with E-state index in [2.05, 4.69) is 13.7 Å². The monoisotopic (exact) mass is 124 g/mol. The van der Waals surface area contributed by atoms with Gasteiger partial charge < -0.3 is 0 Å². The summed E-state index contributed by atoms with van der Waals surface area (Å²) in [5, 5.41) is 0. The predicted octanol–water partition coefficient (Wildman–Crippen LogP) is 1.95. The van der Waals surface area contributed by atoms with E-state index in [1.165, 1.54) is 25.7 Å². The Morgan fingerprint density at radius 3 is 2.44 bits per heavy atom. The number of hydrogen-bond acceptors (Lipinski definition) is 0. The zero-order valence-corrected chi connectivity index (χ0v) is 6.69. The predicted molar refractivity (Wildman–Crippen MR) is 45.3 cm³/mol. The molecule has 2 atom stereocenters. The molecule has 0 saturated heterocycles. The first kappa shape index (κ1) is 7.05. The molecule has 1 fully saturated rings. The molecule has 0 radical (unpaired) electrons. The molecule has 0 N–H and O–H groups in total. The zero-order chi connectivity index (χ0) is 6.69. The molecular weight excluding hydrogens is 107 g/mol. The molecule has 1 aliphatic rings. The van der Waals surface area contributed by atoms with Crippen molar-refractivity contribution in [3.63, 3.8) is 0 Å². The largest absolute Gasteiger partial charge is 0.169 e. The van der Waals surface area contributed by atoms with Crippen molar-refractivity contribution in [3.05, 3.63) is 6.82 Å². The van der Waals surface area contributed by atoms with Gasteiger partial charge in [-0.15, -0.1) is 12.6 Å². The highest BCUT2D eigenvalue weighted by Gasteiger charge is 2.17. The van der Waals surface area contributed by atoms with Crippen LogP contribution >= 0.6 is 0 Å². The molecule has 0 heterocycles. The molecule has 0 aromatic rings. The second-order valence-corrected chi connectivity index (χ2v) is 3.65. The van der Waals surface area contributed by atoms with Gasteiger partial charge in [0.2, 0.25) is 0 Å². The van der Waals surface area contributed by atoms with Gasteiger partial charge >= 0.3 is 0 Å². The quantitative estimate of drug-likeness (QED) is 0.370. The Balaban J connectivity index is 2.30. The van der Waals surface area contributed by atoms with Crippen LogP contribution in [0.1, 0.15) is 32.6 Å². The first-order valence-electron chi connectivity index (χ1n) is 4.51. The fraction of sp³-hybridized carbons (Fsp3) is 0.875. The maximum atomic E-state index is 4.08. The third kappa shape index (κ3) is 1.67. The molecule has 2 unspecified atom stereocenters. The minimum atomic E-state index is 0.179. The van der Waals surface area contributed by atoms with Crippen LogP contribution in [0.5, 0.6) is 0 Å². The molecule has 1 aliphatic carbocycles.